The summed E-state index contributed by atoms with van der Waals surface area (Å²) in [5.74, 6) is 0.709. The Morgan fingerprint density at radius 1 is 1.60 bits per heavy atom. The van der Waals surface area contributed by atoms with Crippen LogP contribution in [0.4, 0.5) is 0 Å². The molecule has 1 rings (SSSR count). The summed E-state index contributed by atoms with van der Waals surface area (Å²) in [4.78, 5) is 4.03. The van der Waals surface area contributed by atoms with Crippen LogP contribution in [0.15, 0.2) is 12.3 Å². The van der Waals surface area contributed by atoms with Gasteiger partial charge in [-0.1, -0.05) is 0 Å². The van der Waals surface area contributed by atoms with Gasteiger partial charge in [-0.2, -0.15) is 0 Å². The largest absolute Gasteiger partial charge is 0.480 e. The van der Waals surface area contributed by atoms with E-state index in [2.05, 4.69) is 27.6 Å². The molecule has 0 spiro atoms. The van der Waals surface area contributed by atoms with Gasteiger partial charge in [-0.15, -0.1) is 0 Å². The van der Waals surface area contributed by atoms with Crippen LogP contribution in [0, 0.1) is 10.5 Å². The molecule has 0 N–H and O–H groups in total. The standard InChI is InChI=1S/C7H8INO/c1-5-3-4-9-7(10-2)6(5)8/h3-4H,1-2H3. The fourth-order valence-corrected chi connectivity index (χ4v) is 1.20. The molecule has 1 heterocycles. The highest BCUT2D eigenvalue weighted by atomic mass is 127. The fraction of sp³-hybridized carbons (Fsp3) is 0.286. The second kappa shape index (κ2) is 3.18. The number of hydrogen-bond acceptors (Lipinski definition) is 2. The van der Waals surface area contributed by atoms with E-state index in [1.54, 1.807) is 13.3 Å². The predicted octanol–water partition coefficient (Wildman–Crippen LogP) is 2.00. The van der Waals surface area contributed by atoms with Crippen molar-refractivity contribution in [3.63, 3.8) is 0 Å². The molecule has 2 nitrogen and oxygen atoms in total. The molecule has 0 fully saturated rings. The summed E-state index contributed by atoms with van der Waals surface area (Å²) in [6.07, 6.45) is 1.75. The van der Waals surface area contributed by atoms with Gasteiger partial charge in [0.25, 0.3) is 0 Å². The Hall–Kier alpha value is -0.320. The van der Waals surface area contributed by atoms with Crippen LogP contribution >= 0.6 is 22.6 Å². The van der Waals surface area contributed by atoms with Crippen LogP contribution < -0.4 is 4.74 Å². The van der Waals surface area contributed by atoms with Crippen molar-refractivity contribution >= 4 is 22.6 Å². The smallest absolute Gasteiger partial charge is 0.227 e. The van der Waals surface area contributed by atoms with Crippen molar-refractivity contribution in [2.24, 2.45) is 0 Å². The molecule has 0 atom stereocenters. The highest BCUT2D eigenvalue weighted by Gasteiger charge is 2.01. The van der Waals surface area contributed by atoms with Crippen molar-refractivity contribution in [2.45, 2.75) is 6.92 Å². The molecular formula is C7H8INO. The number of methoxy groups -OCH3 is 1. The van der Waals surface area contributed by atoms with Crippen molar-refractivity contribution in [3.05, 3.63) is 21.4 Å². The molecule has 0 aliphatic heterocycles. The topological polar surface area (TPSA) is 22.1 Å². The van der Waals surface area contributed by atoms with Gasteiger partial charge in [0.05, 0.1) is 10.7 Å². The molecule has 10 heavy (non-hydrogen) atoms. The summed E-state index contributed by atoms with van der Waals surface area (Å²) < 4.78 is 6.09. The van der Waals surface area contributed by atoms with Gasteiger partial charge in [0, 0.05) is 6.20 Å². The van der Waals surface area contributed by atoms with E-state index in [1.165, 1.54) is 5.56 Å². The number of hydrogen-bond donors (Lipinski definition) is 0. The number of aromatic nitrogens is 1. The Morgan fingerprint density at radius 2 is 2.30 bits per heavy atom. The minimum Gasteiger partial charge on any atom is -0.480 e. The average Bonchev–Trinajstić information content (AvgIpc) is 1.95. The molecule has 0 radical (unpaired) electrons. The molecule has 0 aliphatic rings. The molecule has 0 bridgehead atoms. The molecule has 1 aromatic heterocycles. The summed E-state index contributed by atoms with van der Waals surface area (Å²) in [6, 6.07) is 1.96. The summed E-state index contributed by atoms with van der Waals surface area (Å²) >= 11 is 2.22. The van der Waals surface area contributed by atoms with Crippen LogP contribution in [0.3, 0.4) is 0 Å². The minimum atomic E-state index is 0.709. The maximum Gasteiger partial charge on any atom is 0.227 e. The van der Waals surface area contributed by atoms with Crippen LogP contribution in [-0.4, -0.2) is 12.1 Å². The van der Waals surface area contributed by atoms with E-state index in [9.17, 15) is 0 Å². The molecule has 0 aliphatic carbocycles. The third-order valence-corrected chi connectivity index (χ3v) is 2.56. The number of ether oxygens (including phenoxy) is 1. The molecule has 0 saturated carbocycles. The van der Waals surface area contributed by atoms with E-state index >= 15 is 0 Å². The molecule has 0 amide bonds. The maximum atomic E-state index is 5.01. The molecule has 54 valence electrons. The number of aryl methyl sites for hydroxylation is 1. The minimum absolute atomic E-state index is 0.709. The molecule has 0 saturated heterocycles. The zero-order valence-corrected chi connectivity index (χ0v) is 8.05. The second-order valence-corrected chi connectivity index (χ2v) is 3.03. The Labute approximate surface area is 73.8 Å². The van der Waals surface area contributed by atoms with Crippen molar-refractivity contribution < 1.29 is 4.74 Å². The predicted molar refractivity (Wildman–Crippen MR) is 48.2 cm³/mol. The average molecular weight is 249 g/mol. The molecular weight excluding hydrogens is 241 g/mol. The van der Waals surface area contributed by atoms with Gasteiger partial charge in [0.1, 0.15) is 0 Å². The van der Waals surface area contributed by atoms with Gasteiger partial charge < -0.3 is 4.74 Å². The summed E-state index contributed by atoms with van der Waals surface area (Å²) in [5, 5.41) is 0. The highest BCUT2D eigenvalue weighted by Crippen LogP contribution is 2.19. The first-order chi connectivity index (χ1) is 4.75. The Bertz CT molecular complexity index is 237. The lowest BCUT2D eigenvalue weighted by Crippen LogP contribution is -1.91. The third-order valence-electron chi connectivity index (χ3n) is 1.24. The first kappa shape index (κ1) is 7.78. The van der Waals surface area contributed by atoms with Crippen molar-refractivity contribution in [1.29, 1.82) is 0 Å². The van der Waals surface area contributed by atoms with E-state index in [0.29, 0.717) is 5.88 Å². The Morgan fingerprint density at radius 3 is 2.80 bits per heavy atom. The molecule has 1 aromatic rings. The van der Waals surface area contributed by atoms with Crippen LogP contribution in [-0.2, 0) is 0 Å². The first-order valence-corrected chi connectivity index (χ1v) is 3.98. The van der Waals surface area contributed by atoms with Crippen LogP contribution in [0.2, 0.25) is 0 Å². The van der Waals surface area contributed by atoms with E-state index < -0.39 is 0 Å². The van der Waals surface area contributed by atoms with Gasteiger partial charge in [-0.25, -0.2) is 4.98 Å². The van der Waals surface area contributed by atoms with E-state index in [1.807, 2.05) is 13.0 Å². The van der Waals surface area contributed by atoms with E-state index in [4.69, 9.17) is 4.74 Å². The van der Waals surface area contributed by atoms with Crippen molar-refractivity contribution in [2.75, 3.05) is 7.11 Å². The lowest BCUT2D eigenvalue weighted by Gasteiger charge is -2.02. The zero-order chi connectivity index (χ0) is 7.56. The monoisotopic (exact) mass is 249 g/mol. The number of halogens is 1. The SMILES string of the molecule is COc1nccc(C)c1I. The van der Waals surface area contributed by atoms with Crippen LogP contribution in [0.25, 0.3) is 0 Å². The lowest BCUT2D eigenvalue weighted by molar-refractivity contribution is 0.394. The first-order valence-electron chi connectivity index (χ1n) is 2.91. The number of nitrogens with zero attached hydrogens (tertiary/aromatic N) is 1. The summed E-state index contributed by atoms with van der Waals surface area (Å²) in [6.45, 7) is 2.03. The van der Waals surface area contributed by atoms with Crippen molar-refractivity contribution in [1.82, 2.24) is 4.98 Å². The Balaban J connectivity index is 3.14. The fourth-order valence-electron chi connectivity index (χ4n) is 0.658. The Kier molecular flexibility index (Phi) is 2.48. The van der Waals surface area contributed by atoms with Crippen LogP contribution in [0.1, 0.15) is 5.56 Å². The van der Waals surface area contributed by atoms with Gasteiger partial charge in [0.15, 0.2) is 0 Å². The molecule has 0 aromatic carbocycles. The summed E-state index contributed by atoms with van der Waals surface area (Å²) in [7, 11) is 1.63. The van der Waals surface area contributed by atoms with Crippen molar-refractivity contribution in [3.8, 4) is 5.88 Å². The quantitative estimate of drug-likeness (QED) is 0.710. The molecule has 0 unspecified atom stereocenters. The summed E-state index contributed by atoms with van der Waals surface area (Å²) in [5.41, 5.74) is 1.20. The van der Waals surface area contributed by atoms with Crippen LogP contribution in [0.5, 0.6) is 5.88 Å². The van der Waals surface area contributed by atoms with Gasteiger partial charge in [0.2, 0.25) is 5.88 Å². The highest BCUT2D eigenvalue weighted by molar-refractivity contribution is 14.1. The second-order valence-electron chi connectivity index (χ2n) is 1.95. The normalized spacial score (nSPS) is 9.50. The maximum absolute atomic E-state index is 5.01. The van der Waals surface area contributed by atoms with E-state index in [0.717, 1.165) is 3.57 Å². The zero-order valence-electron chi connectivity index (χ0n) is 5.89. The number of rotatable bonds is 1. The number of pyridine rings is 1. The van der Waals surface area contributed by atoms with E-state index in [-0.39, 0.29) is 0 Å². The van der Waals surface area contributed by atoms with Gasteiger partial charge >= 0.3 is 0 Å². The lowest BCUT2D eigenvalue weighted by atomic mass is 10.3. The van der Waals surface area contributed by atoms with Gasteiger partial charge in [-0.05, 0) is 41.1 Å². The molecule has 3 heteroatoms. The van der Waals surface area contributed by atoms with Gasteiger partial charge in [-0.3, -0.25) is 0 Å². The third kappa shape index (κ3) is 1.39.